The summed E-state index contributed by atoms with van der Waals surface area (Å²) in [5.74, 6) is 3.12. The van der Waals surface area contributed by atoms with Crippen LogP contribution < -0.4 is 10.7 Å². The minimum absolute atomic E-state index is 0.489. The summed E-state index contributed by atoms with van der Waals surface area (Å²) in [6.45, 7) is 2.91. The van der Waals surface area contributed by atoms with E-state index in [2.05, 4.69) is 22.8 Å². The van der Waals surface area contributed by atoms with E-state index in [4.69, 9.17) is 16.6 Å². The van der Waals surface area contributed by atoms with Crippen molar-refractivity contribution in [2.75, 3.05) is 0 Å². The van der Waals surface area contributed by atoms with Crippen molar-refractivity contribution >= 4 is 23.5 Å². The smallest absolute Gasteiger partial charge is 0.187 e. The fourth-order valence-electron chi connectivity index (χ4n) is 2.33. The van der Waals surface area contributed by atoms with E-state index in [1.807, 2.05) is 42.5 Å². The number of thiocarbonyl (C=S) groups is 1. The van der Waals surface area contributed by atoms with Gasteiger partial charge in [-0.15, -0.1) is 0 Å². The molecule has 5 heteroatoms. The molecule has 0 radical (unpaired) electrons. The van der Waals surface area contributed by atoms with Gasteiger partial charge in [-0.05, 0) is 42.3 Å². The number of hydrogen-bond acceptors (Lipinski definition) is 3. The first-order valence-electron chi connectivity index (χ1n) is 7.43. The third-order valence-electron chi connectivity index (χ3n) is 3.78. The van der Waals surface area contributed by atoms with Crippen LogP contribution in [0.3, 0.4) is 0 Å². The quantitative estimate of drug-likeness (QED) is 0.504. The van der Waals surface area contributed by atoms with Gasteiger partial charge < -0.3 is 9.73 Å². The molecule has 0 spiro atoms. The van der Waals surface area contributed by atoms with Crippen LogP contribution in [0, 0.1) is 5.92 Å². The first-order chi connectivity index (χ1) is 10.7. The Bertz CT molecular complexity index is 666. The summed E-state index contributed by atoms with van der Waals surface area (Å²) in [7, 11) is 0. The summed E-state index contributed by atoms with van der Waals surface area (Å²) in [5, 5.41) is 7.68. The number of hydrogen-bond donors (Lipinski definition) is 2. The lowest BCUT2D eigenvalue weighted by Crippen LogP contribution is -2.31. The van der Waals surface area contributed by atoms with E-state index in [0.29, 0.717) is 17.6 Å². The minimum Gasteiger partial charge on any atom is -0.460 e. The number of furan rings is 1. The van der Waals surface area contributed by atoms with E-state index in [9.17, 15) is 0 Å². The summed E-state index contributed by atoms with van der Waals surface area (Å²) in [4.78, 5) is 0. The predicted molar refractivity (Wildman–Crippen MR) is 91.8 cm³/mol. The van der Waals surface area contributed by atoms with Gasteiger partial charge in [0, 0.05) is 12.5 Å². The number of nitrogens with zero attached hydrogens (tertiary/aromatic N) is 1. The third-order valence-corrected chi connectivity index (χ3v) is 4.01. The van der Waals surface area contributed by atoms with Crippen LogP contribution in [0.1, 0.15) is 36.3 Å². The van der Waals surface area contributed by atoms with Crippen LogP contribution in [-0.4, -0.2) is 11.3 Å². The number of benzene rings is 1. The predicted octanol–water partition coefficient (Wildman–Crippen LogP) is 3.40. The molecule has 1 fully saturated rings. The number of nitrogens with one attached hydrogen (secondary N) is 2. The molecule has 0 unspecified atom stereocenters. The highest BCUT2D eigenvalue weighted by atomic mass is 32.1. The van der Waals surface area contributed by atoms with Crippen molar-refractivity contribution in [2.24, 2.45) is 11.0 Å². The molecule has 3 rings (SSSR count). The Labute approximate surface area is 135 Å². The van der Waals surface area contributed by atoms with Gasteiger partial charge in [0.05, 0.1) is 6.21 Å². The zero-order chi connectivity index (χ0) is 15.4. The van der Waals surface area contributed by atoms with E-state index >= 15 is 0 Å². The Morgan fingerprint density at radius 2 is 2.09 bits per heavy atom. The molecule has 2 N–H and O–H groups in total. The lowest BCUT2D eigenvalue weighted by Gasteiger charge is -2.06. The van der Waals surface area contributed by atoms with Crippen molar-refractivity contribution in [3.63, 3.8) is 0 Å². The summed E-state index contributed by atoms with van der Waals surface area (Å²) >= 11 is 5.17. The zero-order valence-corrected chi connectivity index (χ0v) is 13.3. The van der Waals surface area contributed by atoms with Crippen molar-refractivity contribution in [3.05, 3.63) is 59.5 Å². The van der Waals surface area contributed by atoms with Gasteiger partial charge in [-0.3, -0.25) is 5.43 Å². The van der Waals surface area contributed by atoms with Gasteiger partial charge in [-0.1, -0.05) is 37.3 Å². The fraction of sp³-hybridized carbons (Fsp3) is 0.294. The van der Waals surface area contributed by atoms with Gasteiger partial charge >= 0.3 is 0 Å². The molecule has 1 heterocycles. The van der Waals surface area contributed by atoms with E-state index in [1.54, 1.807) is 6.21 Å². The van der Waals surface area contributed by atoms with Crippen LogP contribution in [0.5, 0.6) is 0 Å². The SMILES string of the molecule is C[C@@H]1C[C@@H]1c1ccc(/C=N\NC(=S)NCc2ccccc2)o1. The lowest BCUT2D eigenvalue weighted by molar-refractivity contribution is 0.500. The molecule has 114 valence electrons. The highest BCUT2D eigenvalue weighted by Gasteiger charge is 2.36. The second-order valence-corrected chi connectivity index (χ2v) is 6.01. The van der Waals surface area contributed by atoms with Gasteiger partial charge in [-0.2, -0.15) is 5.10 Å². The Balaban J connectivity index is 1.43. The minimum atomic E-state index is 0.489. The maximum Gasteiger partial charge on any atom is 0.187 e. The zero-order valence-electron chi connectivity index (χ0n) is 12.5. The monoisotopic (exact) mass is 313 g/mol. The van der Waals surface area contributed by atoms with Crippen LogP contribution in [0.15, 0.2) is 52.0 Å². The van der Waals surface area contributed by atoms with Crippen LogP contribution >= 0.6 is 12.2 Å². The van der Waals surface area contributed by atoms with Gasteiger partial charge in [0.15, 0.2) is 5.11 Å². The standard InChI is InChI=1S/C17H19N3OS/c1-12-9-15(12)16-8-7-14(21-16)11-19-20-17(22)18-10-13-5-3-2-4-6-13/h2-8,11-12,15H,9-10H2,1H3,(H2,18,20,22)/b19-11-/t12-,15+/m1/s1. The average Bonchev–Trinajstić information content (AvgIpc) is 3.08. The molecule has 22 heavy (non-hydrogen) atoms. The second kappa shape index (κ2) is 6.75. The third kappa shape index (κ3) is 3.95. The Kier molecular flexibility index (Phi) is 4.53. The topological polar surface area (TPSA) is 49.6 Å². The molecule has 2 atom stereocenters. The molecule has 2 aromatic rings. The average molecular weight is 313 g/mol. The van der Waals surface area contributed by atoms with Crippen LogP contribution in [0.2, 0.25) is 0 Å². The molecule has 0 saturated heterocycles. The van der Waals surface area contributed by atoms with Gasteiger partial charge in [0.25, 0.3) is 0 Å². The number of hydrazone groups is 1. The van der Waals surface area contributed by atoms with Crippen molar-refractivity contribution in [3.8, 4) is 0 Å². The summed E-state index contributed by atoms with van der Waals surface area (Å²) in [6, 6.07) is 14.0. The molecule has 1 aromatic heterocycles. The summed E-state index contributed by atoms with van der Waals surface area (Å²) < 4.78 is 5.74. The molecule has 0 amide bonds. The van der Waals surface area contributed by atoms with Crippen molar-refractivity contribution < 1.29 is 4.42 Å². The van der Waals surface area contributed by atoms with Crippen LogP contribution in [0.25, 0.3) is 0 Å². The Morgan fingerprint density at radius 1 is 1.32 bits per heavy atom. The second-order valence-electron chi connectivity index (χ2n) is 5.60. The molecule has 1 aliphatic carbocycles. The van der Waals surface area contributed by atoms with Crippen LogP contribution in [0.4, 0.5) is 0 Å². The van der Waals surface area contributed by atoms with Crippen molar-refractivity contribution in [1.29, 1.82) is 0 Å². The largest absolute Gasteiger partial charge is 0.460 e. The molecular formula is C17H19N3OS. The fourth-order valence-corrected chi connectivity index (χ4v) is 2.45. The Morgan fingerprint density at radius 3 is 2.82 bits per heavy atom. The number of rotatable bonds is 5. The normalized spacial score (nSPS) is 20.0. The molecule has 0 bridgehead atoms. The highest BCUT2D eigenvalue weighted by Crippen LogP contribution is 2.47. The van der Waals surface area contributed by atoms with Crippen molar-refractivity contribution in [1.82, 2.24) is 10.7 Å². The van der Waals surface area contributed by atoms with E-state index in [1.165, 1.54) is 12.0 Å². The molecule has 0 aliphatic heterocycles. The Hall–Kier alpha value is -2.14. The first-order valence-corrected chi connectivity index (χ1v) is 7.84. The van der Waals surface area contributed by atoms with E-state index < -0.39 is 0 Å². The molecule has 1 aromatic carbocycles. The van der Waals surface area contributed by atoms with Crippen molar-refractivity contribution in [2.45, 2.75) is 25.8 Å². The lowest BCUT2D eigenvalue weighted by atomic mass is 10.2. The van der Waals surface area contributed by atoms with Crippen LogP contribution in [-0.2, 0) is 6.54 Å². The molecule has 1 saturated carbocycles. The van der Waals surface area contributed by atoms with Gasteiger partial charge in [-0.25, -0.2) is 0 Å². The summed E-state index contributed by atoms with van der Waals surface area (Å²) in [6.07, 6.45) is 2.86. The molecule has 1 aliphatic rings. The molecule has 4 nitrogen and oxygen atoms in total. The maximum atomic E-state index is 5.74. The van der Waals surface area contributed by atoms with Gasteiger partial charge in [0.2, 0.25) is 0 Å². The van der Waals surface area contributed by atoms with Gasteiger partial charge in [0.1, 0.15) is 11.5 Å². The van der Waals surface area contributed by atoms with E-state index in [-0.39, 0.29) is 0 Å². The molecular weight excluding hydrogens is 294 g/mol. The first kappa shape index (κ1) is 14.8. The van der Waals surface area contributed by atoms with E-state index in [0.717, 1.165) is 17.4 Å². The summed E-state index contributed by atoms with van der Waals surface area (Å²) in [5.41, 5.74) is 3.97. The maximum absolute atomic E-state index is 5.74. The highest BCUT2D eigenvalue weighted by molar-refractivity contribution is 7.80.